The quantitative estimate of drug-likeness (QED) is 0.303. The molecule has 0 saturated heterocycles. The number of aromatic amines is 1. The SMILES string of the molecule is CCCCC(=O)N(Cc1ccc(-c2ccccc2-c2nn[nH]n2)cc1)[C@@H](Cc1ccc(F)cc1)C(=O)O. The lowest BCUT2D eigenvalue weighted by Crippen LogP contribution is -2.46. The molecule has 2 N–H and O–H groups in total. The number of unbranched alkanes of at least 4 members (excludes halogenated alkanes) is 1. The van der Waals surface area contributed by atoms with E-state index in [1.165, 1.54) is 17.0 Å². The zero-order valence-electron chi connectivity index (χ0n) is 20.5. The first-order valence-corrected chi connectivity index (χ1v) is 12.1. The molecule has 1 heterocycles. The minimum Gasteiger partial charge on any atom is -0.480 e. The van der Waals surface area contributed by atoms with Gasteiger partial charge in [0.1, 0.15) is 11.9 Å². The number of benzene rings is 3. The molecule has 1 aromatic heterocycles. The Morgan fingerprint density at radius 2 is 1.65 bits per heavy atom. The zero-order chi connectivity index (χ0) is 26.2. The largest absolute Gasteiger partial charge is 0.480 e. The van der Waals surface area contributed by atoms with Crippen LogP contribution in [-0.2, 0) is 22.6 Å². The number of H-pyrrole nitrogens is 1. The molecular formula is C28H28FN5O3. The van der Waals surface area contributed by atoms with Gasteiger partial charge in [0.25, 0.3) is 0 Å². The van der Waals surface area contributed by atoms with Crippen LogP contribution in [0.25, 0.3) is 22.5 Å². The molecule has 190 valence electrons. The Morgan fingerprint density at radius 3 is 2.27 bits per heavy atom. The van der Waals surface area contributed by atoms with Crippen LogP contribution in [0, 0.1) is 5.82 Å². The van der Waals surface area contributed by atoms with Crippen LogP contribution in [-0.4, -0.2) is 48.5 Å². The van der Waals surface area contributed by atoms with Crippen LogP contribution in [0.5, 0.6) is 0 Å². The van der Waals surface area contributed by atoms with Crippen molar-refractivity contribution in [2.45, 2.75) is 45.2 Å². The van der Waals surface area contributed by atoms with Crippen molar-refractivity contribution < 1.29 is 19.1 Å². The molecular weight excluding hydrogens is 473 g/mol. The second-order valence-electron chi connectivity index (χ2n) is 8.79. The van der Waals surface area contributed by atoms with Gasteiger partial charge in [0, 0.05) is 24.9 Å². The number of aromatic nitrogens is 4. The van der Waals surface area contributed by atoms with E-state index in [1.54, 1.807) is 12.1 Å². The van der Waals surface area contributed by atoms with Gasteiger partial charge in [-0.25, -0.2) is 9.18 Å². The summed E-state index contributed by atoms with van der Waals surface area (Å²) in [4.78, 5) is 26.8. The Labute approximate surface area is 214 Å². The number of aliphatic carboxylic acids is 1. The Bertz CT molecular complexity index is 1320. The minimum absolute atomic E-state index is 0.0869. The standard InChI is InChI=1S/C28H28FN5O3/c1-2-3-8-26(35)34(25(28(36)37)17-19-11-15-22(29)16-12-19)18-20-9-13-21(14-10-20)23-6-4-5-7-24(23)27-30-32-33-31-27/h4-7,9-16,25H,2-3,8,17-18H2,1H3,(H,36,37)(H,30,31,32,33)/t25-/m0/s1. The average molecular weight is 502 g/mol. The Balaban J connectivity index is 1.60. The highest BCUT2D eigenvalue weighted by Crippen LogP contribution is 2.30. The van der Waals surface area contributed by atoms with Crippen LogP contribution in [0.1, 0.15) is 37.3 Å². The zero-order valence-corrected chi connectivity index (χ0v) is 20.5. The normalized spacial score (nSPS) is 11.7. The molecule has 1 atom stereocenters. The van der Waals surface area contributed by atoms with E-state index in [2.05, 4.69) is 20.6 Å². The number of carbonyl (C=O) groups excluding carboxylic acids is 1. The van der Waals surface area contributed by atoms with E-state index in [1.807, 2.05) is 55.5 Å². The van der Waals surface area contributed by atoms with Crippen molar-refractivity contribution in [2.75, 3.05) is 0 Å². The molecule has 0 fully saturated rings. The molecule has 0 aliphatic heterocycles. The van der Waals surface area contributed by atoms with Crippen molar-refractivity contribution in [1.29, 1.82) is 0 Å². The topological polar surface area (TPSA) is 112 Å². The van der Waals surface area contributed by atoms with E-state index in [0.717, 1.165) is 28.7 Å². The van der Waals surface area contributed by atoms with Gasteiger partial charge in [-0.05, 0) is 46.0 Å². The predicted octanol–water partition coefficient (Wildman–Crippen LogP) is 4.89. The minimum atomic E-state index is -1.10. The van der Waals surface area contributed by atoms with Gasteiger partial charge in [-0.1, -0.05) is 74.0 Å². The first-order chi connectivity index (χ1) is 18.0. The smallest absolute Gasteiger partial charge is 0.326 e. The van der Waals surface area contributed by atoms with E-state index in [0.29, 0.717) is 17.8 Å². The van der Waals surface area contributed by atoms with Gasteiger partial charge in [0.15, 0.2) is 0 Å². The number of carboxylic acid groups (broad SMARTS) is 1. The Hall–Kier alpha value is -4.40. The molecule has 9 heteroatoms. The maximum Gasteiger partial charge on any atom is 0.326 e. The summed E-state index contributed by atoms with van der Waals surface area (Å²) in [7, 11) is 0. The molecule has 0 aliphatic carbocycles. The first-order valence-electron chi connectivity index (χ1n) is 12.1. The molecule has 37 heavy (non-hydrogen) atoms. The maximum atomic E-state index is 13.4. The third kappa shape index (κ3) is 6.43. The monoisotopic (exact) mass is 501 g/mol. The molecule has 8 nitrogen and oxygen atoms in total. The summed E-state index contributed by atoms with van der Waals surface area (Å²) in [5.41, 5.74) is 4.12. The van der Waals surface area contributed by atoms with E-state index < -0.39 is 17.8 Å². The molecule has 0 radical (unpaired) electrons. The van der Waals surface area contributed by atoms with Crippen LogP contribution in [0.4, 0.5) is 4.39 Å². The van der Waals surface area contributed by atoms with Gasteiger partial charge in [0.05, 0.1) is 0 Å². The van der Waals surface area contributed by atoms with Gasteiger partial charge in [-0.15, -0.1) is 10.2 Å². The lowest BCUT2D eigenvalue weighted by Gasteiger charge is -2.29. The molecule has 0 spiro atoms. The summed E-state index contributed by atoms with van der Waals surface area (Å²) in [5.74, 6) is -1.23. The van der Waals surface area contributed by atoms with E-state index >= 15 is 0 Å². The predicted molar refractivity (Wildman–Crippen MR) is 137 cm³/mol. The number of tetrazole rings is 1. The molecule has 0 bridgehead atoms. The lowest BCUT2D eigenvalue weighted by atomic mass is 9.98. The number of hydrogen-bond donors (Lipinski definition) is 2. The highest BCUT2D eigenvalue weighted by Gasteiger charge is 2.29. The second-order valence-corrected chi connectivity index (χ2v) is 8.79. The number of nitrogens with zero attached hydrogens (tertiary/aromatic N) is 4. The lowest BCUT2D eigenvalue weighted by molar-refractivity contribution is -0.150. The molecule has 0 saturated carbocycles. The summed E-state index contributed by atoms with van der Waals surface area (Å²) in [6, 6.07) is 19.9. The first kappa shape index (κ1) is 25.7. The van der Waals surface area contributed by atoms with Crippen molar-refractivity contribution in [2.24, 2.45) is 0 Å². The number of hydrogen-bond acceptors (Lipinski definition) is 5. The van der Waals surface area contributed by atoms with Gasteiger partial charge >= 0.3 is 5.97 Å². The fourth-order valence-corrected chi connectivity index (χ4v) is 4.21. The fraction of sp³-hybridized carbons (Fsp3) is 0.250. The number of rotatable bonds is 11. The number of carbonyl (C=O) groups is 2. The van der Waals surface area contributed by atoms with Gasteiger partial charge in [0.2, 0.25) is 11.7 Å². The molecule has 3 aromatic carbocycles. The van der Waals surface area contributed by atoms with Crippen molar-refractivity contribution >= 4 is 11.9 Å². The Morgan fingerprint density at radius 1 is 0.973 bits per heavy atom. The fourth-order valence-electron chi connectivity index (χ4n) is 4.21. The van der Waals surface area contributed by atoms with Crippen LogP contribution < -0.4 is 0 Å². The van der Waals surface area contributed by atoms with Crippen molar-refractivity contribution in [3.63, 3.8) is 0 Å². The summed E-state index contributed by atoms with van der Waals surface area (Å²) in [6.45, 7) is 2.13. The molecule has 0 aliphatic rings. The van der Waals surface area contributed by atoms with Crippen LogP contribution in [0.2, 0.25) is 0 Å². The summed E-state index contributed by atoms with van der Waals surface area (Å²) in [5, 5.41) is 24.3. The van der Waals surface area contributed by atoms with Crippen molar-refractivity contribution in [3.05, 3.63) is 89.7 Å². The molecule has 0 unspecified atom stereocenters. The van der Waals surface area contributed by atoms with Gasteiger partial charge in [-0.3, -0.25) is 4.79 Å². The summed E-state index contributed by atoms with van der Waals surface area (Å²) >= 11 is 0. The number of halogens is 1. The highest BCUT2D eigenvalue weighted by atomic mass is 19.1. The van der Waals surface area contributed by atoms with Crippen molar-refractivity contribution in [3.8, 4) is 22.5 Å². The third-order valence-corrected chi connectivity index (χ3v) is 6.20. The highest BCUT2D eigenvalue weighted by molar-refractivity contribution is 5.84. The number of carboxylic acids is 1. The van der Waals surface area contributed by atoms with Crippen molar-refractivity contribution in [1.82, 2.24) is 25.5 Å². The summed E-state index contributed by atoms with van der Waals surface area (Å²) < 4.78 is 13.4. The van der Waals surface area contributed by atoms with Gasteiger partial charge in [-0.2, -0.15) is 5.21 Å². The van der Waals surface area contributed by atoms with Gasteiger partial charge < -0.3 is 10.0 Å². The van der Waals surface area contributed by atoms with E-state index in [9.17, 15) is 19.1 Å². The van der Waals surface area contributed by atoms with E-state index in [-0.39, 0.29) is 25.3 Å². The third-order valence-electron chi connectivity index (χ3n) is 6.20. The summed E-state index contributed by atoms with van der Waals surface area (Å²) in [6.07, 6.45) is 1.84. The molecule has 4 aromatic rings. The second kappa shape index (κ2) is 12.0. The average Bonchev–Trinajstić information content (AvgIpc) is 3.45. The number of nitrogens with one attached hydrogen (secondary N) is 1. The van der Waals surface area contributed by atoms with Crippen LogP contribution in [0.3, 0.4) is 0 Å². The van der Waals surface area contributed by atoms with Crippen LogP contribution in [0.15, 0.2) is 72.8 Å². The van der Waals surface area contributed by atoms with Crippen LogP contribution >= 0.6 is 0 Å². The van der Waals surface area contributed by atoms with E-state index in [4.69, 9.17) is 0 Å². The molecule has 4 rings (SSSR count). The number of amides is 1. The molecule has 1 amide bonds. The Kier molecular flexibility index (Phi) is 8.35. The maximum absolute atomic E-state index is 13.4.